The van der Waals surface area contributed by atoms with Crippen LogP contribution < -0.4 is 16.1 Å². The van der Waals surface area contributed by atoms with Crippen LogP contribution in [0.5, 0.6) is 0 Å². The molecule has 1 aromatic heterocycles. The highest BCUT2D eigenvalue weighted by Gasteiger charge is 2.10. The number of aromatic nitrogens is 1. The number of hydrogen-bond acceptors (Lipinski definition) is 4. The van der Waals surface area contributed by atoms with Crippen molar-refractivity contribution in [2.45, 2.75) is 19.6 Å². The number of aromatic amines is 1. The number of anilines is 1. The molecule has 0 fully saturated rings. The van der Waals surface area contributed by atoms with Gasteiger partial charge in [-0.15, -0.1) is 0 Å². The van der Waals surface area contributed by atoms with Crippen molar-refractivity contribution in [1.82, 2.24) is 10.3 Å². The van der Waals surface area contributed by atoms with Gasteiger partial charge < -0.3 is 20.4 Å². The van der Waals surface area contributed by atoms with Crippen LogP contribution in [0.15, 0.2) is 53.3 Å². The van der Waals surface area contributed by atoms with E-state index >= 15 is 0 Å². The van der Waals surface area contributed by atoms with Gasteiger partial charge in [-0.2, -0.15) is 0 Å². The van der Waals surface area contributed by atoms with E-state index in [-0.39, 0.29) is 11.5 Å². The van der Waals surface area contributed by atoms with Gasteiger partial charge in [-0.25, -0.2) is 0 Å². The molecule has 0 spiro atoms. The minimum Gasteiger partial charge on any atom is -0.375 e. The van der Waals surface area contributed by atoms with Crippen molar-refractivity contribution in [3.8, 4) is 0 Å². The third kappa shape index (κ3) is 5.49. The molecule has 0 bridgehead atoms. The Kier molecular flexibility index (Phi) is 7.34. The molecule has 1 unspecified atom stereocenters. The molecule has 0 saturated heterocycles. The molecule has 0 aliphatic rings. The molecule has 0 amide bonds. The minimum atomic E-state index is -0.0530. The molecule has 1 atom stereocenters. The fourth-order valence-electron chi connectivity index (χ4n) is 2.97. The Morgan fingerprint density at radius 2 is 1.89 bits per heavy atom. The van der Waals surface area contributed by atoms with E-state index in [2.05, 4.69) is 15.6 Å². The van der Waals surface area contributed by atoms with Gasteiger partial charge in [-0.1, -0.05) is 41.4 Å². The Hall–Kier alpha value is -2.05. The first-order valence-corrected chi connectivity index (χ1v) is 9.94. The topological polar surface area (TPSA) is 66.2 Å². The van der Waals surface area contributed by atoms with Crippen LogP contribution in [-0.4, -0.2) is 30.8 Å². The van der Waals surface area contributed by atoms with Gasteiger partial charge in [0.15, 0.2) is 5.43 Å². The van der Waals surface area contributed by atoms with E-state index in [1.54, 1.807) is 12.1 Å². The number of hydrogen-bond donors (Lipinski definition) is 3. The standard InChI is InChI=1S/C21H23Cl2N3O2/c1-2-28-15(12-24-11-14-7-8-17(22)18(23)9-14)13-25-21-10-20(27)16-5-3-4-6-19(16)26-21/h3-10,15,24H,2,11-13H2,1H3,(H2,25,26,27). The largest absolute Gasteiger partial charge is 0.375 e. The molecule has 148 valence electrons. The molecule has 5 nitrogen and oxygen atoms in total. The van der Waals surface area contributed by atoms with Crippen molar-refractivity contribution < 1.29 is 4.74 Å². The first-order valence-electron chi connectivity index (χ1n) is 9.19. The highest BCUT2D eigenvalue weighted by atomic mass is 35.5. The van der Waals surface area contributed by atoms with E-state index in [9.17, 15) is 4.79 Å². The molecule has 0 aliphatic heterocycles. The van der Waals surface area contributed by atoms with Crippen LogP contribution in [0.2, 0.25) is 10.0 Å². The summed E-state index contributed by atoms with van der Waals surface area (Å²) >= 11 is 12.0. The quantitative estimate of drug-likeness (QED) is 0.479. The first-order chi connectivity index (χ1) is 13.6. The molecule has 0 saturated carbocycles. The van der Waals surface area contributed by atoms with Crippen LogP contribution in [0.4, 0.5) is 5.82 Å². The molecule has 7 heteroatoms. The predicted molar refractivity (Wildman–Crippen MR) is 117 cm³/mol. The van der Waals surface area contributed by atoms with E-state index in [1.165, 1.54) is 0 Å². The molecule has 1 heterocycles. The average molecular weight is 420 g/mol. The summed E-state index contributed by atoms with van der Waals surface area (Å²) in [6.07, 6.45) is -0.0530. The lowest BCUT2D eigenvalue weighted by molar-refractivity contribution is 0.0715. The molecular formula is C21H23Cl2N3O2. The van der Waals surface area contributed by atoms with Gasteiger partial charge in [0.2, 0.25) is 0 Å². The maximum absolute atomic E-state index is 12.2. The van der Waals surface area contributed by atoms with Crippen molar-refractivity contribution >= 4 is 39.9 Å². The lowest BCUT2D eigenvalue weighted by atomic mass is 10.2. The zero-order valence-electron chi connectivity index (χ0n) is 15.6. The summed E-state index contributed by atoms with van der Waals surface area (Å²) < 4.78 is 5.80. The van der Waals surface area contributed by atoms with Gasteiger partial charge >= 0.3 is 0 Å². The number of halogens is 2. The summed E-state index contributed by atoms with van der Waals surface area (Å²) in [5, 5.41) is 8.41. The summed E-state index contributed by atoms with van der Waals surface area (Å²) in [6.45, 7) is 4.45. The predicted octanol–water partition coefficient (Wildman–Crippen LogP) is 4.44. The maximum atomic E-state index is 12.2. The van der Waals surface area contributed by atoms with E-state index in [0.717, 1.165) is 11.1 Å². The SMILES string of the molecule is CCOC(CNCc1ccc(Cl)c(Cl)c1)CNc1cc(=O)c2ccccc2[nH]1. The second-order valence-electron chi connectivity index (χ2n) is 6.43. The third-order valence-corrected chi connectivity index (χ3v) is 5.08. The number of rotatable bonds is 9. The molecule has 3 rings (SSSR count). The Morgan fingerprint density at radius 1 is 1.07 bits per heavy atom. The van der Waals surface area contributed by atoms with Crippen molar-refractivity contribution in [3.05, 3.63) is 74.4 Å². The number of fused-ring (bicyclic) bond motifs is 1. The fraction of sp³-hybridized carbons (Fsp3) is 0.286. The van der Waals surface area contributed by atoms with Gasteiger partial charge in [-0.3, -0.25) is 4.79 Å². The zero-order chi connectivity index (χ0) is 19.9. The van der Waals surface area contributed by atoms with Crippen LogP contribution in [0.3, 0.4) is 0 Å². The number of para-hydroxylation sites is 1. The van der Waals surface area contributed by atoms with Gasteiger partial charge in [0.1, 0.15) is 5.82 Å². The number of nitrogens with one attached hydrogen (secondary N) is 3. The van der Waals surface area contributed by atoms with Crippen molar-refractivity contribution in [2.75, 3.05) is 25.0 Å². The lowest BCUT2D eigenvalue weighted by Crippen LogP contribution is -2.34. The van der Waals surface area contributed by atoms with Gasteiger partial charge in [0.05, 0.1) is 21.7 Å². The number of ether oxygens (including phenoxy) is 1. The number of pyridine rings is 1. The summed E-state index contributed by atoms with van der Waals surface area (Å²) in [7, 11) is 0. The maximum Gasteiger partial charge on any atom is 0.191 e. The molecule has 3 N–H and O–H groups in total. The van der Waals surface area contributed by atoms with E-state index in [0.29, 0.717) is 47.5 Å². The van der Waals surface area contributed by atoms with Crippen LogP contribution in [0.25, 0.3) is 10.9 Å². The normalized spacial score (nSPS) is 12.2. The summed E-state index contributed by atoms with van der Waals surface area (Å²) in [5.41, 5.74) is 1.85. The van der Waals surface area contributed by atoms with Crippen LogP contribution >= 0.6 is 23.2 Å². The smallest absolute Gasteiger partial charge is 0.191 e. The molecule has 2 aromatic carbocycles. The second kappa shape index (κ2) is 9.94. The lowest BCUT2D eigenvalue weighted by Gasteiger charge is -2.19. The Bertz CT molecular complexity index is 991. The molecule has 28 heavy (non-hydrogen) atoms. The monoisotopic (exact) mass is 419 g/mol. The van der Waals surface area contributed by atoms with Crippen molar-refractivity contribution in [1.29, 1.82) is 0 Å². The van der Waals surface area contributed by atoms with Crippen molar-refractivity contribution in [3.63, 3.8) is 0 Å². The Labute approximate surface area is 174 Å². The molecule has 0 radical (unpaired) electrons. The molecular weight excluding hydrogens is 397 g/mol. The highest BCUT2D eigenvalue weighted by Crippen LogP contribution is 2.22. The Balaban J connectivity index is 1.57. The minimum absolute atomic E-state index is 0.0115. The average Bonchev–Trinajstić information content (AvgIpc) is 2.69. The van der Waals surface area contributed by atoms with Crippen LogP contribution in [0, 0.1) is 0 Å². The Morgan fingerprint density at radius 3 is 2.68 bits per heavy atom. The van der Waals surface area contributed by atoms with Crippen molar-refractivity contribution in [2.24, 2.45) is 0 Å². The zero-order valence-corrected chi connectivity index (χ0v) is 17.1. The van der Waals surface area contributed by atoms with E-state index in [4.69, 9.17) is 27.9 Å². The molecule has 3 aromatic rings. The number of H-pyrrole nitrogens is 1. The van der Waals surface area contributed by atoms with Gasteiger partial charge in [0, 0.05) is 37.7 Å². The van der Waals surface area contributed by atoms with Gasteiger partial charge in [0.25, 0.3) is 0 Å². The van der Waals surface area contributed by atoms with Crippen LogP contribution in [0.1, 0.15) is 12.5 Å². The summed E-state index contributed by atoms with van der Waals surface area (Å²) in [6, 6.07) is 14.6. The number of benzene rings is 2. The highest BCUT2D eigenvalue weighted by molar-refractivity contribution is 6.42. The summed E-state index contributed by atoms with van der Waals surface area (Å²) in [4.78, 5) is 15.5. The third-order valence-electron chi connectivity index (χ3n) is 4.34. The van der Waals surface area contributed by atoms with Crippen LogP contribution in [-0.2, 0) is 11.3 Å². The van der Waals surface area contributed by atoms with Gasteiger partial charge in [-0.05, 0) is 36.8 Å². The fourth-order valence-corrected chi connectivity index (χ4v) is 3.29. The molecule has 0 aliphatic carbocycles. The summed E-state index contributed by atoms with van der Waals surface area (Å²) in [5.74, 6) is 0.679. The first kappa shape index (κ1) is 20.7. The van der Waals surface area contributed by atoms with E-state index < -0.39 is 0 Å². The van der Waals surface area contributed by atoms with E-state index in [1.807, 2.05) is 43.3 Å². The second-order valence-corrected chi connectivity index (χ2v) is 7.24.